The predicted octanol–water partition coefficient (Wildman–Crippen LogP) is -0.402. The molecule has 1 aromatic rings. The Kier molecular flexibility index (Phi) is 4.65. The van der Waals surface area contributed by atoms with Gasteiger partial charge in [0.1, 0.15) is 29.8 Å². The van der Waals surface area contributed by atoms with Gasteiger partial charge >= 0.3 is 0 Å². The zero-order valence-corrected chi connectivity index (χ0v) is 14.0. The Hall–Kier alpha value is -1.13. The topological polar surface area (TPSA) is 108 Å². The van der Waals surface area contributed by atoms with Gasteiger partial charge in [-0.15, -0.1) is 0 Å². The first-order valence-corrected chi connectivity index (χ1v) is 9.67. The SMILES string of the molecule is CNC1=N[C@H]2C(OC(CS(=O)(=O)c3ccccc3)C(O)[C@@H]2O)S1. The summed E-state index contributed by atoms with van der Waals surface area (Å²) in [5, 5.41) is 23.9. The van der Waals surface area contributed by atoms with Gasteiger partial charge in [0, 0.05) is 7.05 Å². The number of sulfone groups is 1. The summed E-state index contributed by atoms with van der Waals surface area (Å²) in [6, 6.07) is 7.39. The van der Waals surface area contributed by atoms with E-state index >= 15 is 0 Å². The van der Waals surface area contributed by atoms with Crippen LogP contribution in [0.3, 0.4) is 0 Å². The highest BCUT2D eigenvalue weighted by Crippen LogP contribution is 2.36. The Balaban J connectivity index is 1.77. The van der Waals surface area contributed by atoms with Crippen LogP contribution in [0.5, 0.6) is 0 Å². The molecule has 1 fully saturated rings. The third kappa shape index (κ3) is 3.24. The largest absolute Gasteiger partial charge is 0.388 e. The molecule has 0 saturated carbocycles. The third-order valence-electron chi connectivity index (χ3n) is 3.86. The Morgan fingerprint density at radius 3 is 2.61 bits per heavy atom. The summed E-state index contributed by atoms with van der Waals surface area (Å²) >= 11 is 1.28. The van der Waals surface area contributed by atoms with Crippen LogP contribution in [0.4, 0.5) is 0 Å². The van der Waals surface area contributed by atoms with E-state index in [4.69, 9.17) is 4.74 Å². The molecule has 3 N–H and O–H groups in total. The average Bonchev–Trinajstić information content (AvgIpc) is 2.96. The fourth-order valence-electron chi connectivity index (χ4n) is 2.63. The number of aliphatic imine (C=N–C) groups is 1. The maximum atomic E-state index is 12.4. The minimum atomic E-state index is -3.62. The van der Waals surface area contributed by atoms with Crippen molar-refractivity contribution in [3.05, 3.63) is 30.3 Å². The number of aliphatic hydroxyl groups is 2. The van der Waals surface area contributed by atoms with Crippen LogP contribution in [0, 0.1) is 0 Å². The summed E-state index contributed by atoms with van der Waals surface area (Å²) in [6.07, 6.45) is -3.48. The molecule has 3 rings (SSSR count). The van der Waals surface area contributed by atoms with Crippen LogP contribution in [-0.4, -0.2) is 66.4 Å². The van der Waals surface area contributed by atoms with Gasteiger partial charge < -0.3 is 20.3 Å². The van der Waals surface area contributed by atoms with Crippen molar-refractivity contribution in [1.82, 2.24) is 5.32 Å². The van der Waals surface area contributed by atoms with E-state index in [-0.39, 0.29) is 4.90 Å². The Morgan fingerprint density at radius 2 is 1.96 bits per heavy atom. The third-order valence-corrected chi connectivity index (χ3v) is 6.78. The van der Waals surface area contributed by atoms with Gasteiger partial charge in [-0.05, 0) is 12.1 Å². The van der Waals surface area contributed by atoms with Crippen LogP contribution in [0.15, 0.2) is 40.2 Å². The minimum Gasteiger partial charge on any atom is -0.388 e. The number of nitrogens with one attached hydrogen (secondary N) is 1. The number of ether oxygens (including phenoxy) is 1. The fraction of sp³-hybridized carbons (Fsp3) is 0.500. The van der Waals surface area contributed by atoms with E-state index in [2.05, 4.69) is 10.3 Å². The number of hydrogen-bond donors (Lipinski definition) is 3. The van der Waals surface area contributed by atoms with Crippen molar-refractivity contribution in [1.29, 1.82) is 0 Å². The molecule has 23 heavy (non-hydrogen) atoms. The lowest BCUT2D eigenvalue weighted by Gasteiger charge is -2.38. The smallest absolute Gasteiger partial charge is 0.181 e. The summed E-state index contributed by atoms with van der Waals surface area (Å²) < 4.78 is 30.6. The quantitative estimate of drug-likeness (QED) is 0.674. The Morgan fingerprint density at radius 1 is 1.26 bits per heavy atom. The van der Waals surface area contributed by atoms with Crippen LogP contribution in [0.2, 0.25) is 0 Å². The molecule has 0 radical (unpaired) electrons. The Labute approximate surface area is 138 Å². The van der Waals surface area contributed by atoms with E-state index in [1.807, 2.05) is 0 Å². The van der Waals surface area contributed by atoms with Crippen molar-refractivity contribution in [2.75, 3.05) is 12.8 Å². The molecule has 0 aliphatic carbocycles. The average molecular weight is 358 g/mol. The first-order valence-electron chi connectivity index (χ1n) is 7.14. The van der Waals surface area contributed by atoms with Crippen LogP contribution < -0.4 is 5.32 Å². The number of nitrogens with zero attached hydrogens (tertiary/aromatic N) is 1. The van der Waals surface area contributed by atoms with Crippen LogP contribution in [0.25, 0.3) is 0 Å². The summed E-state index contributed by atoms with van der Waals surface area (Å²) in [4.78, 5) is 4.40. The fourth-order valence-corrected chi connectivity index (χ4v) is 5.18. The molecule has 126 valence electrons. The summed E-state index contributed by atoms with van der Waals surface area (Å²) in [5.41, 5.74) is -0.508. The second kappa shape index (κ2) is 6.40. The molecule has 2 heterocycles. The van der Waals surface area contributed by atoms with Crippen LogP contribution >= 0.6 is 11.8 Å². The van der Waals surface area contributed by atoms with Gasteiger partial charge in [-0.3, -0.25) is 4.99 Å². The Bertz CT molecular complexity index is 694. The predicted molar refractivity (Wildman–Crippen MR) is 87.0 cm³/mol. The van der Waals surface area contributed by atoms with E-state index in [0.717, 1.165) is 0 Å². The molecule has 3 unspecified atom stereocenters. The normalized spacial score (nSPS) is 33.9. The molecule has 9 heteroatoms. The second-order valence-corrected chi connectivity index (χ2v) is 8.53. The molecule has 0 amide bonds. The van der Waals surface area contributed by atoms with E-state index < -0.39 is 45.4 Å². The van der Waals surface area contributed by atoms with Gasteiger partial charge in [0.2, 0.25) is 0 Å². The van der Waals surface area contributed by atoms with Gasteiger partial charge in [0.05, 0.1) is 10.6 Å². The van der Waals surface area contributed by atoms with Gasteiger partial charge in [0.15, 0.2) is 15.0 Å². The number of hydrogen-bond acceptors (Lipinski definition) is 8. The molecule has 7 nitrogen and oxygen atoms in total. The van der Waals surface area contributed by atoms with Crippen molar-refractivity contribution in [2.24, 2.45) is 4.99 Å². The molecular formula is C14H18N2O5S2. The molecule has 0 spiro atoms. The molecule has 0 bridgehead atoms. The molecule has 0 aromatic heterocycles. The van der Waals surface area contributed by atoms with E-state index in [1.165, 1.54) is 23.9 Å². The second-order valence-electron chi connectivity index (χ2n) is 5.41. The lowest BCUT2D eigenvalue weighted by Crippen LogP contribution is -2.56. The lowest BCUT2D eigenvalue weighted by molar-refractivity contribution is -0.144. The molecule has 1 aromatic carbocycles. The highest BCUT2D eigenvalue weighted by Gasteiger charge is 2.49. The maximum absolute atomic E-state index is 12.4. The van der Waals surface area contributed by atoms with Gasteiger partial charge in [-0.25, -0.2) is 8.42 Å². The van der Waals surface area contributed by atoms with Gasteiger partial charge in [0.25, 0.3) is 0 Å². The number of thioether (sulfide) groups is 1. The van der Waals surface area contributed by atoms with E-state index in [1.54, 1.807) is 25.2 Å². The number of benzene rings is 1. The first kappa shape index (κ1) is 16.7. The maximum Gasteiger partial charge on any atom is 0.181 e. The first-order chi connectivity index (χ1) is 10.9. The van der Waals surface area contributed by atoms with Crippen molar-refractivity contribution < 1.29 is 23.4 Å². The highest BCUT2D eigenvalue weighted by molar-refractivity contribution is 8.14. The zero-order valence-electron chi connectivity index (χ0n) is 12.4. The molecule has 2 aliphatic rings. The highest BCUT2D eigenvalue weighted by atomic mass is 32.2. The van der Waals surface area contributed by atoms with Crippen LogP contribution in [0.1, 0.15) is 0 Å². The summed E-state index contributed by atoms with van der Waals surface area (Å²) in [7, 11) is -1.92. The van der Waals surface area contributed by atoms with E-state index in [0.29, 0.717) is 5.17 Å². The molecule has 5 atom stereocenters. The summed E-state index contributed by atoms with van der Waals surface area (Å²) in [6.45, 7) is 0. The van der Waals surface area contributed by atoms with Crippen molar-refractivity contribution in [2.45, 2.75) is 34.7 Å². The minimum absolute atomic E-state index is 0.165. The number of fused-ring (bicyclic) bond motifs is 1. The molecule has 1 saturated heterocycles. The van der Waals surface area contributed by atoms with Crippen molar-refractivity contribution in [3.63, 3.8) is 0 Å². The molecule has 2 aliphatic heterocycles. The lowest BCUT2D eigenvalue weighted by atomic mass is 9.99. The number of amidine groups is 1. The zero-order chi connectivity index (χ0) is 16.6. The van der Waals surface area contributed by atoms with Crippen molar-refractivity contribution in [3.8, 4) is 0 Å². The number of aliphatic hydroxyl groups excluding tert-OH is 2. The summed E-state index contributed by atoms with van der Waals surface area (Å²) in [5.74, 6) is -0.395. The monoisotopic (exact) mass is 358 g/mol. The van der Waals surface area contributed by atoms with Gasteiger partial charge in [-0.1, -0.05) is 30.0 Å². The van der Waals surface area contributed by atoms with E-state index in [9.17, 15) is 18.6 Å². The number of rotatable bonds is 3. The standard InChI is InChI=1S/C14H18N2O5S2/c1-15-14-16-10-12(18)11(17)9(21-13(10)22-14)7-23(19,20)8-5-3-2-4-6-8/h2-6,9-13,17-18H,7H2,1H3,(H,15,16)/t9?,10-,11?,12-,13?/m1/s1. The van der Waals surface area contributed by atoms with Crippen LogP contribution in [-0.2, 0) is 14.6 Å². The van der Waals surface area contributed by atoms with Gasteiger partial charge in [-0.2, -0.15) is 0 Å². The van der Waals surface area contributed by atoms with Crippen molar-refractivity contribution >= 4 is 26.8 Å². The molecular weight excluding hydrogens is 340 g/mol.